The molecule has 0 saturated carbocycles. The second-order valence-corrected chi connectivity index (χ2v) is 7.60. The molecule has 0 fully saturated rings. The summed E-state index contributed by atoms with van der Waals surface area (Å²) in [6.45, 7) is 6.47. The fourth-order valence-electron chi connectivity index (χ4n) is 2.48. The summed E-state index contributed by atoms with van der Waals surface area (Å²) in [6.07, 6.45) is 0.500. The van der Waals surface area contributed by atoms with Crippen LogP contribution < -0.4 is 18.9 Å². The molecule has 0 unspecified atom stereocenters. The Morgan fingerprint density at radius 3 is 1.67 bits per heavy atom. The van der Waals surface area contributed by atoms with Gasteiger partial charge in [-0.15, -0.1) is 22.7 Å². The number of carbonyl (C=O) groups excluding carboxylic acids is 4. The summed E-state index contributed by atoms with van der Waals surface area (Å²) < 4.78 is 2.85. The monoisotopic (exact) mass is 440 g/mol. The maximum atomic E-state index is 8.12. The van der Waals surface area contributed by atoms with E-state index in [0.717, 1.165) is 0 Å². The minimum absolute atomic E-state index is 0. The Labute approximate surface area is 194 Å². The van der Waals surface area contributed by atoms with E-state index in [2.05, 4.69) is 74.7 Å². The first-order valence-corrected chi connectivity index (χ1v) is 9.55. The van der Waals surface area contributed by atoms with Gasteiger partial charge in [-0.3, -0.25) is 0 Å². The molecule has 4 rings (SSSR count). The van der Waals surface area contributed by atoms with Crippen LogP contribution in [-0.4, -0.2) is 23.3 Å². The van der Waals surface area contributed by atoms with E-state index in [1.54, 1.807) is 0 Å². The van der Waals surface area contributed by atoms with Crippen LogP contribution in [0.15, 0.2) is 53.9 Å². The first kappa shape index (κ1) is 32.3. The molecule has 9 heteroatoms. The van der Waals surface area contributed by atoms with E-state index in [0.29, 0.717) is 0 Å². The zero-order valence-electron chi connectivity index (χ0n) is 17.1. The first-order valence-electron chi connectivity index (χ1n) is 7.85. The Morgan fingerprint density at radius 1 is 0.733 bits per heavy atom. The molecule has 0 aliphatic heterocycles. The van der Waals surface area contributed by atoms with E-state index in [4.69, 9.17) is 19.2 Å². The third kappa shape index (κ3) is 9.90. The van der Waals surface area contributed by atoms with E-state index in [9.17, 15) is 0 Å². The van der Waals surface area contributed by atoms with Crippen LogP contribution in [0.25, 0.3) is 20.2 Å². The van der Waals surface area contributed by atoms with E-state index in [1.807, 2.05) is 22.7 Å². The molecule has 0 aliphatic rings. The minimum Gasteiger partial charge on any atom is -0.870 e. The summed E-state index contributed by atoms with van der Waals surface area (Å²) in [5.74, 6) is 0. The van der Waals surface area contributed by atoms with Gasteiger partial charge in [0.2, 0.25) is 0 Å². The zero-order valence-corrected chi connectivity index (χ0v) is 18.7. The molecule has 0 amide bonds. The third-order valence-corrected chi connectivity index (χ3v) is 5.81. The molecule has 0 bridgehead atoms. The summed E-state index contributed by atoms with van der Waals surface area (Å²) in [5.41, 5.74) is 2.77. The predicted octanol–water partition coefficient (Wildman–Crippen LogP) is 1.56. The summed E-state index contributed by atoms with van der Waals surface area (Å²) in [5, 5.41) is 4.88. The van der Waals surface area contributed by atoms with Crippen LogP contribution >= 0.6 is 22.7 Å². The number of thiophene rings is 2. The van der Waals surface area contributed by atoms with Crippen LogP contribution in [0.2, 0.25) is 0 Å². The molecule has 2 aromatic heterocycles. The molecule has 0 radical (unpaired) electrons. The summed E-state index contributed by atoms with van der Waals surface area (Å²) >= 11 is 3.69. The quantitative estimate of drug-likeness (QED) is 0.383. The van der Waals surface area contributed by atoms with Crippen molar-refractivity contribution in [3.05, 3.63) is 69.9 Å². The fourth-order valence-corrected chi connectivity index (χ4v) is 4.34. The normalized spacial score (nSPS) is 7.97. The summed E-state index contributed by atoms with van der Waals surface area (Å²) in [4.78, 5) is 33.9. The van der Waals surface area contributed by atoms with Crippen LogP contribution in [0.1, 0.15) is 16.0 Å². The summed E-state index contributed by atoms with van der Waals surface area (Å²) in [7, 11) is 0. The van der Waals surface area contributed by atoms with Gasteiger partial charge in [0.15, 0.2) is 0 Å². The standard InChI is InChI=1S/C10H10S.C9H8S.2CO2.Li.2H2O/c1-7-4-3-5-9-6-8(2)11-10(7)9;1-7-3-2-4-8-5-6-10-9(7)8;2*2-1-3;;;/h3-6H,1-2H3;2-6H,1H3;;;;2*1H2/q;;;;+1;;/p-1. The van der Waals surface area contributed by atoms with Gasteiger partial charge in [0.1, 0.15) is 0 Å². The molecule has 6 nitrogen and oxygen atoms in total. The molecule has 30 heavy (non-hydrogen) atoms. The van der Waals surface area contributed by atoms with Crippen molar-refractivity contribution in [3.63, 3.8) is 0 Å². The molecule has 0 atom stereocenters. The summed E-state index contributed by atoms with van der Waals surface area (Å²) in [6, 6.07) is 17.3. The number of hydrogen-bond acceptors (Lipinski definition) is 7. The van der Waals surface area contributed by atoms with E-state index < -0.39 is 0 Å². The number of hydrogen-bond donors (Lipinski definition) is 0. The van der Waals surface area contributed by atoms with Crippen LogP contribution in [0, 0.1) is 20.8 Å². The number of rotatable bonds is 0. The van der Waals surface area contributed by atoms with Gasteiger partial charge in [-0.05, 0) is 60.2 Å². The Kier molecular flexibility index (Phi) is 18.8. The molecular formula is C21H21LiO6S2. The number of benzene rings is 2. The molecular weight excluding hydrogens is 419 g/mol. The molecule has 0 aliphatic carbocycles. The zero-order chi connectivity index (χ0) is 20.2. The van der Waals surface area contributed by atoms with Crippen LogP contribution in [-0.2, 0) is 19.2 Å². The maximum Gasteiger partial charge on any atom is 1.00 e. The second-order valence-electron chi connectivity index (χ2n) is 5.43. The van der Waals surface area contributed by atoms with Crippen molar-refractivity contribution >= 4 is 55.1 Å². The Morgan fingerprint density at radius 2 is 1.20 bits per heavy atom. The average molecular weight is 440 g/mol. The molecule has 2 aromatic carbocycles. The van der Waals surface area contributed by atoms with Gasteiger partial charge >= 0.3 is 31.2 Å². The topological polar surface area (TPSA) is 130 Å². The van der Waals surface area contributed by atoms with Gasteiger partial charge in [-0.25, -0.2) is 0 Å². The molecule has 154 valence electrons. The van der Waals surface area contributed by atoms with Crippen molar-refractivity contribution in [1.82, 2.24) is 0 Å². The Hall–Kier alpha value is -2.36. The van der Waals surface area contributed by atoms with E-state index >= 15 is 0 Å². The molecule has 3 N–H and O–H groups in total. The van der Waals surface area contributed by atoms with Crippen LogP contribution in [0.4, 0.5) is 0 Å². The van der Waals surface area contributed by atoms with Crippen LogP contribution in [0.5, 0.6) is 0 Å². The second kappa shape index (κ2) is 17.5. The van der Waals surface area contributed by atoms with Crippen molar-refractivity contribution in [2.24, 2.45) is 0 Å². The Balaban J connectivity index is -0.000000359. The van der Waals surface area contributed by atoms with Crippen molar-refractivity contribution in [2.75, 3.05) is 0 Å². The van der Waals surface area contributed by atoms with Crippen molar-refractivity contribution in [1.29, 1.82) is 0 Å². The van der Waals surface area contributed by atoms with Gasteiger partial charge in [-0.2, -0.15) is 19.2 Å². The van der Waals surface area contributed by atoms with Gasteiger partial charge in [0.05, 0.1) is 0 Å². The van der Waals surface area contributed by atoms with Crippen LogP contribution in [0.3, 0.4) is 0 Å². The maximum absolute atomic E-state index is 8.12. The number of aryl methyl sites for hydroxylation is 3. The molecule has 0 saturated heterocycles. The number of fused-ring (bicyclic) bond motifs is 2. The van der Waals surface area contributed by atoms with E-state index in [-0.39, 0.29) is 42.1 Å². The van der Waals surface area contributed by atoms with Crippen molar-refractivity contribution in [2.45, 2.75) is 20.8 Å². The molecule has 2 heterocycles. The fraction of sp³-hybridized carbons (Fsp3) is 0.143. The molecule has 0 spiro atoms. The minimum atomic E-state index is 0. The average Bonchev–Trinajstić information content (AvgIpc) is 3.24. The van der Waals surface area contributed by atoms with Gasteiger partial charge in [0.25, 0.3) is 0 Å². The first-order chi connectivity index (χ1) is 13.0. The van der Waals surface area contributed by atoms with Gasteiger partial charge < -0.3 is 11.0 Å². The van der Waals surface area contributed by atoms with Crippen molar-refractivity contribution in [3.8, 4) is 0 Å². The Bertz CT molecular complexity index is 1060. The molecule has 4 aromatic rings. The van der Waals surface area contributed by atoms with Gasteiger partial charge in [0, 0.05) is 14.3 Å². The predicted molar refractivity (Wildman–Crippen MR) is 113 cm³/mol. The van der Waals surface area contributed by atoms with Gasteiger partial charge in [-0.1, -0.05) is 36.4 Å². The SMILES string of the molecule is Cc1cc2cccc(C)c2s1.Cc1cccc2ccsc12.O.O=C=O.O=C=O.[Li+].[OH-]. The third-order valence-electron chi connectivity index (χ3n) is 3.54. The van der Waals surface area contributed by atoms with E-state index in [1.165, 1.54) is 36.2 Å². The smallest absolute Gasteiger partial charge is 0.870 e. The largest absolute Gasteiger partial charge is 1.00 e. The van der Waals surface area contributed by atoms with Crippen molar-refractivity contribution < 1.29 is 49.0 Å².